The van der Waals surface area contributed by atoms with E-state index in [1.165, 1.54) is 12.1 Å². The van der Waals surface area contributed by atoms with Gasteiger partial charge in [-0.05, 0) is 35.2 Å². The molecular formula is C17H17F3O. The third kappa shape index (κ3) is 3.85. The Kier molecular flexibility index (Phi) is 4.68. The first kappa shape index (κ1) is 15.6. The van der Waals surface area contributed by atoms with Gasteiger partial charge in [0.2, 0.25) is 0 Å². The normalized spacial score (nSPS) is 13.2. The molecule has 0 aliphatic heterocycles. The SMILES string of the molecule is CCc1ccccc1C(O)Cc1ccc(C(F)(F)F)cc1. The zero-order chi connectivity index (χ0) is 15.5. The smallest absolute Gasteiger partial charge is 0.388 e. The molecule has 2 aromatic carbocycles. The van der Waals surface area contributed by atoms with E-state index in [9.17, 15) is 18.3 Å². The maximum absolute atomic E-state index is 12.5. The maximum Gasteiger partial charge on any atom is 0.416 e. The number of rotatable bonds is 4. The van der Waals surface area contributed by atoms with Crippen molar-refractivity contribution in [2.75, 3.05) is 0 Å². The summed E-state index contributed by atoms with van der Waals surface area (Å²) in [7, 11) is 0. The van der Waals surface area contributed by atoms with Crippen LogP contribution in [0.1, 0.15) is 35.3 Å². The van der Waals surface area contributed by atoms with E-state index in [4.69, 9.17) is 0 Å². The molecule has 1 N–H and O–H groups in total. The fourth-order valence-electron chi connectivity index (χ4n) is 2.34. The molecule has 21 heavy (non-hydrogen) atoms. The van der Waals surface area contributed by atoms with Crippen molar-refractivity contribution >= 4 is 0 Å². The van der Waals surface area contributed by atoms with Crippen molar-refractivity contribution in [1.29, 1.82) is 0 Å². The Labute approximate surface area is 122 Å². The van der Waals surface area contributed by atoms with Crippen LogP contribution >= 0.6 is 0 Å². The van der Waals surface area contributed by atoms with Crippen molar-refractivity contribution in [3.63, 3.8) is 0 Å². The molecule has 112 valence electrons. The summed E-state index contributed by atoms with van der Waals surface area (Å²) in [6.45, 7) is 2.00. The van der Waals surface area contributed by atoms with Gasteiger partial charge in [0, 0.05) is 6.42 Å². The highest BCUT2D eigenvalue weighted by atomic mass is 19.4. The summed E-state index contributed by atoms with van der Waals surface area (Å²) in [5.74, 6) is 0. The fourth-order valence-corrected chi connectivity index (χ4v) is 2.34. The molecule has 0 spiro atoms. The maximum atomic E-state index is 12.5. The number of hydrogen-bond donors (Lipinski definition) is 1. The van der Waals surface area contributed by atoms with Crippen molar-refractivity contribution < 1.29 is 18.3 Å². The third-order valence-electron chi connectivity index (χ3n) is 3.51. The lowest BCUT2D eigenvalue weighted by Crippen LogP contribution is -2.07. The second-order valence-electron chi connectivity index (χ2n) is 4.97. The lowest BCUT2D eigenvalue weighted by Gasteiger charge is -2.15. The highest BCUT2D eigenvalue weighted by molar-refractivity contribution is 5.31. The number of aryl methyl sites for hydroxylation is 1. The average Bonchev–Trinajstić information content (AvgIpc) is 2.46. The summed E-state index contributed by atoms with van der Waals surface area (Å²) in [5, 5.41) is 10.3. The molecule has 4 heteroatoms. The molecule has 0 aromatic heterocycles. The summed E-state index contributed by atoms with van der Waals surface area (Å²) >= 11 is 0. The standard InChI is InChI=1S/C17H17F3O/c1-2-13-5-3-4-6-15(13)16(21)11-12-7-9-14(10-8-12)17(18,19)20/h3-10,16,21H,2,11H2,1H3. The van der Waals surface area contributed by atoms with E-state index in [1.54, 1.807) is 0 Å². The Morgan fingerprint density at radius 1 is 1.00 bits per heavy atom. The van der Waals surface area contributed by atoms with Gasteiger partial charge in [0.15, 0.2) is 0 Å². The predicted octanol–water partition coefficient (Wildman–Crippen LogP) is 4.54. The topological polar surface area (TPSA) is 20.2 Å². The molecular weight excluding hydrogens is 277 g/mol. The molecule has 0 saturated heterocycles. The second kappa shape index (κ2) is 6.31. The molecule has 0 radical (unpaired) electrons. The molecule has 0 heterocycles. The van der Waals surface area contributed by atoms with Gasteiger partial charge in [-0.3, -0.25) is 0 Å². The van der Waals surface area contributed by atoms with Crippen molar-refractivity contribution in [3.8, 4) is 0 Å². The first-order valence-electron chi connectivity index (χ1n) is 6.84. The molecule has 0 aliphatic rings. The zero-order valence-corrected chi connectivity index (χ0v) is 11.7. The lowest BCUT2D eigenvalue weighted by atomic mass is 9.95. The first-order valence-corrected chi connectivity index (χ1v) is 6.84. The van der Waals surface area contributed by atoms with Gasteiger partial charge >= 0.3 is 6.18 Å². The summed E-state index contributed by atoms with van der Waals surface area (Å²) < 4.78 is 37.5. The summed E-state index contributed by atoms with van der Waals surface area (Å²) in [6.07, 6.45) is -3.93. The monoisotopic (exact) mass is 294 g/mol. The minimum atomic E-state index is -4.33. The van der Waals surface area contributed by atoms with Crippen molar-refractivity contribution in [3.05, 3.63) is 70.8 Å². The van der Waals surface area contributed by atoms with Gasteiger partial charge in [0.25, 0.3) is 0 Å². The van der Waals surface area contributed by atoms with E-state index in [2.05, 4.69) is 0 Å². The van der Waals surface area contributed by atoms with Crippen LogP contribution in [0.2, 0.25) is 0 Å². The van der Waals surface area contributed by atoms with E-state index >= 15 is 0 Å². The molecule has 1 unspecified atom stereocenters. The number of alkyl halides is 3. The molecule has 0 aliphatic carbocycles. The van der Waals surface area contributed by atoms with E-state index in [-0.39, 0.29) is 0 Å². The van der Waals surface area contributed by atoms with E-state index in [1.807, 2.05) is 31.2 Å². The minimum absolute atomic E-state index is 0.301. The van der Waals surface area contributed by atoms with Crippen LogP contribution in [-0.4, -0.2) is 5.11 Å². The van der Waals surface area contributed by atoms with Crippen LogP contribution in [0.15, 0.2) is 48.5 Å². The first-order chi connectivity index (χ1) is 9.91. The Morgan fingerprint density at radius 3 is 2.19 bits per heavy atom. The molecule has 2 rings (SSSR count). The van der Waals surface area contributed by atoms with E-state index in [0.717, 1.165) is 29.7 Å². The number of benzene rings is 2. The van der Waals surface area contributed by atoms with Crippen LogP contribution in [0.5, 0.6) is 0 Å². The summed E-state index contributed by atoms with van der Waals surface area (Å²) in [5.41, 5.74) is 1.90. The van der Waals surface area contributed by atoms with Gasteiger partial charge < -0.3 is 5.11 Å². The van der Waals surface area contributed by atoms with Gasteiger partial charge in [0.05, 0.1) is 11.7 Å². The predicted molar refractivity (Wildman–Crippen MR) is 75.9 cm³/mol. The van der Waals surface area contributed by atoms with Crippen LogP contribution in [0.4, 0.5) is 13.2 Å². The van der Waals surface area contributed by atoms with Crippen LogP contribution in [0.3, 0.4) is 0 Å². The van der Waals surface area contributed by atoms with Crippen LogP contribution in [0.25, 0.3) is 0 Å². The molecule has 1 nitrogen and oxygen atoms in total. The highest BCUT2D eigenvalue weighted by Gasteiger charge is 2.30. The molecule has 2 aromatic rings. The van der Waals surface area contributed by atoms with Gasteiger partial charge in [-0.2, -0.15) is 13.2 Å². The van der Waals surface area contributed by atoms with Crippen LogP contribution in [0, 0.1) is 0 Å². The molecule has 1 atom stereocenters. The Balaban J connectivity index is 2.14. The molecule has 0 bridgehead atoms. The summed E-state index contributed by atoms with van der Waals surface area (Å²) in [6, 6.07) is 12.5. The average molecular weight is 294 g/mol. The minimum Gasteiger partial charge on any atom is -0.388 e. The zero-order valence-electron chi connectivity index (χ0n) is 11.7. The van der Waals surface area contributed by atoms with Gasteiger partial charge in [-0.25, -0.2) is 0 Å². The van der Waals surface area contributed by atoms with Crippen LogP contribution < -0.4 is 0 Å². The Bertz CT molecular complexity index is 588. The quantitative estimate of drug-likeness (QED) is 0.877. The highest BCUT2D eigenvalue weighted by Crippen LogP contribution is 2.30. The van der Waals surface area contributed by atoms with Crippen molar-refractivity contribution in [1.82, 2.24) is 0 Å². The Hall–Kier alpha value is -1.81. The van der Waals surface area contributed by atoms with Gasteiger partial charge in [0.1, 0.15) is 0 Å². The van der Waals surface area contributed by atoms with Gasteiger partial charge in [-0.1, -0.05) is 43.3 Å². The lowest BCUT2D eigenvalue weighted by molar-refractivity contribution is -0.137. The third-order valence-corrected chi connectivity index (χ3v) is 3.51. The van der Waals surface area contributed by atoms with Crippen molar-refractivity contribution in [2.24, 2.45) is 0 Å². The van der Waals surface area contributed by atoms with Crippen molar-refractivity contribution in [2.45, 2.75) is 32.0 Å². The number of hydrogen-bond acceptors (Lipinski definition) is 1. The summed E-state index contributed by atoms with van der Waals surface area (Å²) in [4.78, 5) is 0. The molecule has 0 amide bonds. The second-order valence-corrected chi connectivity index (χ2v) is 4.97. The van der Waals surface area contributed by atoms with Crippen LogP contribution in [-0.2, 0) is 19.0 Å². The largest absolute Gasteiger partial charge is 0.416 e. The van der Waals surface area contributed by atoms with Gasteiger partial charge in [-0.15, -0.1) is 0 Å². The Morgan fingerprint density at radius 2 is 1.62 bits per heavy atom. The number of aliphatic hydroxyl groups excluding tert-OH is 1. The van der Waals surface area contributed by atoms with E-state index < -0.39 is 17.8 Å². The fraction of sp³-hybridized carbons (Fsp3) is 0.294. The van der Waals surface area contributed by atoms with E-state index in [0.29, 0.717) is 12.0 Å². The number of halogens is 3. The number of aliphatic hydroxyl groups is 1. The molecule has 0 fully saturated rings. The molecule has 0 saturated carbocycles.